The minimum atomic E-state index is 0. The number of nitrogens with zero attached hydrogens (tertiary/aromatic N) is 14. The van der Waals surface area contributed by atoms with Crippen molar-refractivity contribution in [1.29, 1.82) is 0 Å². The van der Waals surface area contributed by atoms with E-state index in [-0.39, 0.29) is 63.2 Å². The molecular formula is C105H56N14O5Pt3S3. The Labute approximate surface area is 794 Å². The first-order valence-corrected chi connectivity index (χ1v) is 42.9. The molecule has 0 amide bonds. The van der Waals surface area contributed by atoms with Crippen LogP contribution >= 0.6 is 34.0 Å². The summed E-state index contributed by atoms with van der Waals surface area (Å²) in [6.07, 6.45) is 19.7. The van der Waals surface area contributed by atoms with E-state index in [0.717, 1.165) is 191 Å². The van der Waals surface area contributed by atoms with Crippen molar-refractivity contribution < 1.29 is 85.3 Å². The molecule has 130 heavy (non-hydrogen) atoms. The van der Waals surface area contributed by atoms with Crippen molar-refractivity contribution in [2.45, 2.75) is 0 Å². The molecule has 0 aliphatic rings. The van der Waals surface area contributed by atoms with E-state index in [1.165, 1.54) is 10.1 Å². The number of hydrogen-bond acceptors (Lipinski definition) is 19. The molecule has 12 aromatic carbocycles. The SMILES string of the molecule is [Pt+2].[Pt+2].[Pt+2].[c-]1c(-c2cccc(-c3ncco3)n2)cccc1-n1c2[c-]c(-c3nc4ccccc4s3)ccc2c2ccccc21.[c-]1c(-c2ccccn2)ccc(-c2ncco2)c1-n1c2[c-]c(-c3nc4ccccc4s3)ccc2c2cc(-c3ncco3)ccc21.[c-]1c(-c2ccccn2)cccc1-n1c2[c-]c(-c3nc4ccccc4s3)c(-c3ncco3)cc2c2cc(-c3ncco3)ccc21. The Balaban J connectivity index is 0.000000117. The third-order valence-electron chi connectivity index (χ3n) is 22.1. The summed E-state index contributed by atoms with van der Waals surface area (Å²) in [6.45, 7) is 0. The standard InChI is InChI=1S/2C36H19N5O2S.C33H18N4OS.3Pt/c1-2-10-33-30(9-1)40-36(44-33)28-21-32-26(20-27(28)35-39-15-17-43-35)25-19-23(34-38-14-16-42-34)11-12-31(25)41(32)24-7-5-6-22(18-24)29-8-3-4-13-37-29;1-2-7-33-29(6-1)40-36(44-33)24-9-11-25-27-19-23(34-38-15-17-42-34)10-13-30(27)41(31(25)21-24)32-20-22(28-5-3-4-14-37-28)8-12-26(32)35-39-16-18-43-35;1-3-13-29-24(9-1)25-16-15-22(33-36-27-10-2-4-14-31(27)39-33)20-30(25)37(29)23-8-5-7-21(19-23)26-11-6-12-28(35-26)32-34-17-18-38-32;;;/h1-17,19-20H;1-19H;1-18H;;;/q3*-2;3*+2. The van der Waals surface area contributed by atoms with E-state index in [1.807, 2.05) is 152 Å². The predicted octanol–water partition coefficient (Wildman–Crippen LogP) is 26.4. The van der Waals surface area contributed by atoms with E-state index in [2.05, 4.69) is 200 Å². The van der Waals surface area contributed by atoms with Gasteiger partial charge in [-0.05, 0) is 175 Å². The fourth-order valence-corrected chi connectivity index (χ4v) is 19.2. The third kappa shape index (κ3) is 15.1. The van der Waals surface area contributed by atoms with E-state index in [0.29, 0.717) is 35.1 Å². The van der Waals surface area contributed by atoms with Crippen LogP contribution in [-0.4, -0.2) is 68.5 Å². The van der Waals surface area contributed by atoms with E-state index in [1.54, 1.807) is 109 Å². The maximum absolute atomic E-state index is 5.86. The molecule has 25 heteroatoms. The van der Waals surface area contributed by atoms with Gasteiger partial charge in [0.25, 0.3) is 0 Å². The summed E-state index contributed by atoms with van der Waals surface area (Å²) in [5.41, 5.74) is 23.1. The molecule has 0 saturated carbocycles. The van der Waals surface area contributed by atoms with Gasteiger partial charge in [-0.15, -0.1) is 149 Å². The number of aromatic nitrogens is 14. The summed E-state index contributed by atoms with van der Waals surface area (Å²) in [5, 5.41) is 9.04. The van der Waals surface area contributed by atoms with Gasteiger partial charge in [-0.2, -0.15) is 34.0 Å². The summed E-state index contributed by atoms with van der Waals surface area (Å²) in [5.74, 6) is 2.61. The molecule has 0 aliphatic heterocycles. The first kappa shape index (κ1) is 82.3. The number of oxazole rings is 5. The molecular weight excluding hydrogens is 2220 g/mol. The minimum Gasteiger partial charge on any atom is -0.453 e. The maximum atomic E-state index is 5.86. The van der Waals surface area contributed by atoms with Gasteiger partial charge in [0.1, 0.15) is 37.0 Å². The van der Waals surface area contributed by atoms with Crippen LogP contribution in [0.2, 0.25) is 0 Å². The normalized spacial score (nSPS) is 11.4. The predicted molar refractivity (Wildman–Crippen MR) is 498 cm³/mol. The minimum absolute atomic E-state index is 0. The van der Waals surface area contributed by atoms with Gasteiger partial charge in [-0.1, -0.05) is 107 Å². The second-order valence-corrected chi connectivity index (χ2v) is 32.7. The summed E-state index contributed by atoms with van der Waals surface area (Å²) in [7, 11) is 0. The van der Waals surface area contributed by atoms with Gasteiger partial charge in [-0.25, -0.2) is 24.9 Å². The number of pyridine rings is 3. The number of para-hydroxylation sites is 4. The average molecular weight is 2280 g/mol. The molecule has 0 radical (unpaired) electrons. The largest absolute Gasteiger partial charge is 2.00 e. The van der Waals surface area contributed by atoms with Crippen LogP contribution in [0.25, 0.3) is 236 Å². The van der Waals surface area contributed by atoms with Gasteiger partial charge >= 0.3 is 63.2 Å². The second-order valence-electron chi connectivity index (χ2n) is 29.6. The molecule has 624 valence electrons. The van der Waals surface area contributed by atoms with E-state index < -0.39 is 0 Å². The Morgan fingerprint density at radius 2 is 0.685 bits per heavy atom. The molecule has 14 heterocycles. The van der Waals surface area contributed by atoms with Crippen molar-refractivity contribution in [3.05, 3.63) is 378 Å². The monoisotopic (exact) mass is 2270 g/mol. The average Bonchev–Trinajstić information content (AvgIpc) is 1.61. The van der Waals surface area contributed by atoms with Crippen molar-refractivity contribution in [3.8, 4) is 140 Å². The van der Waals surface area contributed by atoms with E-state index in [9.17, 15) is 0 Å². The summed E-state index contributed by atoms with van der Waals surface area (Å²) in [6, 6.07) is 112. The van der Waals surface area contributed by atoms with E-state index in [4.69, 9.17) is 42.0 Å². The molecule has 0 fully saturated rings. The molecule has 19 nitrogen and oxygen atoms in total. The molecule has 0 saturated heterocycles. The number of fused-ring (bicyclic) bond motifs is 12. The second kappa shape index (κ2) is 35.1. The smallest absolute Gasteiger partial charge is 0.453 e. The van der Waals surface area contributed by atoms with Gasteiger partial charge < -0.3 is 45.8 Å². The summed E-state index contributed by atoms with van der Waals surface area (Å²) in [4.78, 5) is 50.8. The first-order valence-electron chi connectivity index (χ1n) is 40.4. The third-order valence-corrected chi connectivity index (χ3v) is 25.2. The Morgan fingerprint density at radius 3 is 1.24 bits per heavy atom. The molecule has 0 atom stereocenters. The molecule has 26 rings (SSSR count). The fourth-order valence-electron chi connectivity index (χ4n) is 16.4. The van der Waals surface area contributed by atoms with Crippen LogP contribution in [0, 0.1) is 36.4 Å². The van der Waals surface area contributed by atoms with Gasteiger partial charge in [0.15, 0.2) is 11.8 Å². The Morgan fingerprint density at radius 1 is 0.254 bits per heavy atom. The van der Waals surface area contributed by atoms with Crippen molar-refractivity contribution >= 4 is 130 Å². The maximum Gasteiger partial charge on any atom is 2.00 e. The number of rotatable bonds is 14. The van der Waals surface area contributed by atoms with Crippen LogP contribution in [0.4, 0.5) is 0 Å². The van der Waals surface area contributed by atoms with Crippen molar-refractivity contribution in [1.82, 2.24) is 68.5 Å². The molecule has 0 spiro atoms. The van der Waals surface area contributed by atoms with Crippen LogP contribution in [0.1, 0.15) is 0 Å². The number of hydrogen-bond donors (Lipinski definition) is 0. The van der Waals surface area contributed by atoms with Crippen LogP contribution in [0.3, 0.4) is 0 Å². The molecule has 0 unspecified atom stereocenters. The topological polar surface area (TPSA) is 222 Å². The van der Waals surface area contributed by atoms with E-state index >= 15 is 0 Å². The van der Waals surface area contributed by atoms with Gasteiger partial charge in [0.2, 0.25) is 17.7 Å². The molecule has 0 N–H and O–H groups in total. The Kier molecular flexibility index (Phi) is 22.2. The van der Waals surface area contributed by atoms with Crippen LogP contribution in [-0.2, 0) is 63.2 Å². The number of benzene rings is 12. The van der Waals surface area contributed by atoms with Gasteiger partial charge in [0, 0.05) is 69.2 Å². The van der Waals surface area contributed by atoms with Crippen LogP contribution in [0.15, 0.2) is 364 Å². The molecule has 26 aromatic rings. The zero-order valence-electron chi connectivity index (χ0n) is 67.3. The quantitative estimate of drug-likeness (QED) is 0.0923. The van der Waals surface area contributed by atoms with Crippen LogP contribution in [0.5, 0.6) is 0 Å². The van der Waals surface area contributed by atoms with Gasteiger partial charge in [0.05, 0.1) is 47.5 Å². The summed E-state index contributed by atoms with van der Waals surface area (Å²) >= 11 is 4.96. The summed E-state index contributed by atoms with van der Waals surface area (Å²) < 4.78 is 38.4. The first-order chi connectivity index (χ1) is 62.9. The Hall–Kier alpha value is -14.7. The van der Waals surface area contributed by atoms with Crippen molar-refractivity contribution in [2.24, 2.45) is 0 Å². The zero-order valence-corrected chi connectivity index (χ0v) is 76.6. The molecule has 0 aliphatic carbocycles. The van der Waals surface area contributed by atoms with Crippen LogP contribution < -0.4 is 0 Å². The molecule has 14 aromatic heterocycles. The van der Waals surface area contributed by atoms with Crippen molar-refractivity contribution in [3.63, 3.8) is 0 Å². The molecule has 0 bridgehead atoms. The fraction of sp³-hybridized carbons (Fsp3) is 0. The zero-order chi connectivity index (χ0) is 83.8. The van der Waals surface area contributed by atoms with Gasteiger partial charge in [-0.3, -0.25) is 19.9 Å². The van der Waals surface area contributed by atoms with Crippen molar-refractivity contribution in [2.75, 3.05) is 0 Å². The Bertz CT molecular complexity index is 8530. The number of thiazole rings is 3.